The molecular formula is C19H30FN3. The van der Waals surface area contributed by atoms with Gasteiger partial charge in [0.05, 0.1) is 0 Å². The second-order valence-corrected chi connectivity index (χ2v) is 7.21. The largest absolute Gasteiger partial charge is 0.371 e. The third kappa shape index (κ3) is 4.24. The van der Waals surface area contributed by atoms with Crippen LogP contribution in [0.4, 0.5) is 10.1 Å². The van der Waals surface area contributed by atoms with E-state index in [0.717, 1.165) is 31.2 Å². The van der Waals surface area contributed by atoms with Crippen LogP contribution >= 0.6 is 0 Å². The lowest BCUT2D eigenvalue weighted by Gasteiger charge is -2.35. The van der Waals surface area contributed by atoms with Gasteiger partial charge in [-0.15, -0.1) is 0 Å². The summed E-state index contributed by atoms with van der Waals surface area (Å²) in [6.07, 6.45) is 6.35. The second-order valence-electron chi connectivity index (χ2n) is 7.21. The first-order valence-corrected chi connectivity index (χ1v) is 9.08. The summed E-state index contributed by atoms with van der Waals surface area (Å²) in [5.74, 6) is -0.139. The fourth-order valence-corrected chi connectivity index (χ4v) is 4.10. The van der Waals surface area contributed by atoms with E-state index in [1.165, 1.54) is 44.3 Å². The van der Waals surface area contributed by atoms with E-state index in [-0.39, 0.29) is 5.82 Å². The molecule has 2 heterocycles. The van der Waals surface area contributed by atoms with Gasteiger partial charge in [-0.3, -0.25) is 0 Å². The molecule has 0 aliphatic carbocycles. The second kappa shape index (κ2) is 7.63. The minimum atomic E-state index is -0.139. The van der Waals surface area contributed by atoms with Crippen LogP contribution in [0.5, 0.6) is 0 Å². The zero-order valence-corrected chi connectivity index (χ0v) is 14.5. The van der Waals surface area contributed by atoms with Crippen molar-refractivity contribution in [2.24, 2.45) is 0 Å². The highest BCUT2D eigenvalue weighted by molar-refractivity contribution is 5.53. The highest BCUT2D eigenvalue weighted by Crippen LogP contribution is 2.24. The Bertz CT molecular complexity index is 511. The van der Waals surface area contributed by atoms with Gasteiger partial charge in [0.25, 0.3) is 0 Å². The van der Waals surface area contributed by atoms with E-state index in [9.17, 15) is 4.39 Å². The molecule has 0 aromatic heterocycles. The quantitative estimate of drug-likeness (QED) is 0.899. The first-order valence-electron chi connectivity index (χ1n) is 9.08. The van der Waals surface area contributed by atoms with E-state index in [2.05, 4.69) is 22.2 Å². The molecule has 0 radical (unpaired) electrons. The van der Waals surface area contributed by atoms with Gasteiger partial charge in [-0.05, 0) is 82.9 Å². The topological polar surface area (TPSA) is 18.5 Å². The molecule has 0 bridgehead atoms. The lowest BCUT2D eigenvalue weighted by Crippen LogP contribution is -2.43. The predicted molar refractivity (Wildman–Crippen MR) is 94.6 cm³/mol. The minimum Gasteiger partial charge on any atom is -0.371 e. The summed E-state index contributed by atoms with van der Waals surface area (Å²) in [5, 5.41) is 3.75. The van der Waals surface area contributed by atoms with Crippen molar-refractivity contribution < 1.29 is 4.39 Å². The molecule has 2 aliphatic heterocycles. The Kier molecular flexibility index (Phi) is 5.54. The van der Waals surface area contributed by atoms with Gasteiger partial charge in [-0.25, -0.2) is 4.39 Å². The van der Waals surface area contributed by atoms with E-state index < -0.39 is 0 Å². The Balaban J connectivity index is 1.41. The van der Waals surface area contributed by atoms with Crippen LogP contribution in [-0.4, -0.2) is 50.2 Å². The number of rotatable bonds is 5. The molecule has 2 fully saturated rings. The average molecular weight is 319 g/mol. The monoisotopic (exact) mass is 319 g/mol. The van der Waals surface area contributed by atoms with Gasteiger partial charge >= 0.3 is 0 Å². The standard InChI is InChI=1S/C19H30FN3/c1-15-14-16(20)5-6-19(15)23-12-8-17(9-13-23)21-10-7-18-4-3-11-22(18)2/h5-6,14,17-18,21H,3-4,7-13H2,1-2H3. The maximum Gasteiger partial charge on any atom is 0.123 e. The fraction of sp³-hybridized carbons (Fsp3) is 0.684. The third-order valence-corrected chi connectivity index (χ3v) is 5.58. The maximum absolute atomic E-state index is 13.2. The van der Waals surface area contributed by atoms with Crippen LogP contribution in [0.2, 0.25) is 0 Å². The number of anilines is 1. The molecule has 4 heteroatoms. The molecule has 3 rings (SSSR count). The van der Waals surface area contributed by atoms with Crippen LogP contribution in [0.25, 0.3) is 0 Å². The molecule has 1 N–H and O–H groups in total. The molecule has 128 valence electrons. The van der Waals surface area contributed by atoms with Crippen molar-refractivity contribution in [1.82, 2.24) is 10.2 Å². The molecule has 1 aromatic carbocycles. The summed E-state index contributed by atoms with van der Waals surface area (Å²) < 4.78 is 13.2. The summed E-state index contributed by atoms with van der Waals surface area (Å²) in [4.78, 5) is 4.90. The summed E-state index contributed by atoms with van der Waals surface area (Å²) in [5.41, 5.74) is 2.23. The van der Waals surface area contributed by atoms with Gasteiger partial charge in [0.2, 0.25) is 0 Å². The van der Waals surface area contributed by atoms with Crippen molar-refractivity contribution in [3.8, 4) is 0 Å². The lowest BCUT2D eigenvalue weighted by atomic mass is 10.0. The van der Waals surface area contributed by atoms with Crippen molar-refractivity contribution in [3.63, 3.8) is 0 Å². The van der Waals surface area contributed by atoms with Crippen LogP contribution in [0.15, 0.2) is 18.2 Å². The Morgan fingerprint density at radius 2 is 1.96 bits per heavy atom. The SMILES string of the molecule is Cc1cc(F)ccc1N1CCC(NCCC2CCCN2C)CC1. The highest BCUT2D eigenvalue weighted by Gasteiger charge is 2.22. The summed E-state index contributed by atoms with van der Waals surface area (Å²) in [7, 11) is 2.25. The molecule has 2 aliphatic rings. The number of hydrogen-bond donors (Lipinski definition) is 1. The lowest BCUT2D eigenvalue weighted by molar-refractivity contribution is 0.286. The number of likely N-dealkylation sites (tertiary alicyclic amines) is 1. The smallest absolute Gasteiger partial charge is 0.123 e. The van der Waals surface area contributed by atoms with E-state index in [4.69, 9.17) is 0 Å². The van der Waals surface area contributed by atoms with Crippen LogP contribution in [0.3, 0.4) is 0 Å². The normalized spacial score (nSPS) is 23.6. The van der Waals surface area contributed by atoms with Crippen molar-refractivity contribution in [2.45, 2.75) is 51.1 Å². The van der Waals surface area contributed by atoms with Gasteiger partial charge in [-0.1, -0.05) is 0 Å². The van der Waals surface area contributed by atoms with Gasteiger partial charge in [0.15, 0.2) is 0 Å². The van der Waals surface area contributed by atoms with Gasteiger partial charge in [-0.2, -0.15) is 0 Å². The van der Waals surface area contributed by atoms with Crippen LogP contribution in [0, 0.1) is 12.7 Å². The maximum atomic E-state index is 13.2. The van der Waals surface area contributed by atoms with E-state index in [0.29, 0.717) is 6.04 Å². The molecule has 2 saturated heterocycles. The summed E-state index contributed by atoms with van der Waals surface area (Å²) in [6.45, 7) is 6.52. The molecule has 1 unspecified atom stereocenters. The third-order valence-electron chi connectivity index (χ3n) is 5.58. The number of benzene rings is 1. The molecule has 0 saturated carbocycles. The van der Waals surface area contributed by atoms with E-state index in [1.54, 1.807) is 12.1 Å². The molecule has 1 atom stereocenters. The first kappa shape index (κ1) is 16.7. The predicted octanol–water partition coefficient (Wildman–Crippen LogP) is 3.18. The van der Waals surface area contributed by atoms with Crippen molar-refractivity contribution in [2.75, 3.05) is 38.1 Å². The molecule has 3 nitrogen and oxygen atoms in total. The molecule has 23 heavy (non-hydrogen) atoms. The molecule has 0 amide bonds. The summed E-state index contributed by atoms with van der Waals surface area (Å²) in [6, 6.07) is 6.56. The van der Waals surface area contributed by atoms with Crippen LogP contribution < -0.4 is 10.2 Å². The Labute approximate surface area is 139 Å². The Morgan fingerprint density at radius 1 is 1.17 bits per heavy atom. The summed E-state index contributed by atoms with van der Waals surface area (Å²) >= 11 is 0. The first-order chi connectivity index (χ1) is 11.1. The number of hydrogen-bond acceptors (Lipinski definition) is 3. The van der Waals surface area contributed by atoms with Crippen molar-refractivity contribution in [1.29, 1.82) is 0 Å². The zero-order valence-electron chi connectivity index (χ0n) is 14.5. The van der Waals surface area contributed by atoms with Gasteiger partial charge in [0, 0.05) is 30.9 Å². The number of nitrogens with zero attached hydrogens (tertiary/aromatic N) is 2. The average Bonchev–Trinajstić information content (AvgIpc) is 2.94. The van der Waals surface area contributed by atoms with Crippen molar-refractivity contribution >= 4 is 5.69 Å². The number of piperidine rings is 1. The molecule has 1 aromatic rings. The molecular weight excluding hydrogens is 289 g/mol. The number of aryl methyl sites for hydroxylation is 1. The Hall–Kier alpha value is -1.13. The van der Waals surface area contributed by atoms with Crippen LogP contribution in [-0.2, 0) is 0 Å². The zero-order chi connectivity index (χ0) is 16.2. The minimum absolute atomic E-state index is 0.139. The molecule has 0 spiro atoms. The van der Waals surface area contributed by atoms with Crippen molar-refractivity contribution in [3.05, 3.63) is 29.6 Å². The number of nitrogens with one attached hydrogen (secondary N) is 1. The van der Waals surface area contributed by atoms with E-state index in [1.807, 2.05) is 13.0 Å². The number of halogens is 1. The van der Waals surface area contributed by atoms with E-state index >= 15 is 0 Å². The van der Waals surface area contributed by atoms with Gasteiger partial charge in [0.1, 0.15) is 5.82 Å². The van der Waals surface area contributed by atoms with Crippen LogP contribution in [0.1, 0.15) is 37.7 Å². The fourth-order valence-electron chi connectivity index (χ4n) is 4.10. The Morgan fingerprint density at radius 3 is 2.61 bits per heavy atom. The van der Waals surface area contributed by atoms with Gasteiger partial charge < -0.3 is 15.1 Å². The highest BCUT2D eigenvalue weighted by atomic mass is 19.1.